The van der Waals surface area contributed by atoms with Crippen LogP contribution >= 0.6 is 0 Å². The Labute approximate surface area is 84.4 Å². The van der Waals surface area contributed by atoms with Crippen molar-refractivity contribution in [2.45, 2.75) is 26.7 Å². The molecule has 1 aliphatic rings. The second kappa shape index (κ2) is 3.73. The molecule has 0 aromatic heterocycles. The summed E-state index contributed by atoms with van der Waals surface area (Å²) in [5.41, 5.74) is 0.820. The Morgan fingerprint density at radius 1 is 1.64 bits per heavy atom. The first-order valence-corrected chi connectivity index (χ1v) is 4.90. The minimum absolute atomic E-state index is 0.00264. The summed E-state index contributed by atoms with van der Waals surface area (Å²) in [6.07, 6.45) is 0.879. The number of aliphatic carboxylic acids is 1. The van der Waals surface area contributed by atoms with Crippen molar-refractivity contribution in [2.75, 3.05) is 6.61 Å². The largest absolute Gasteiger partial charge is 0.481 e. The highest BCUT2D eigenvalue weighted by Gasteiger charge is 2.45. The molecule has 0 bridgehead atoms. The lowest BCUT2D eigenvalue weighted by atomic mass is 9.74. The fourth-order valence-electron chi connectivity index (χ4n) is 2.41. The highest BCUT2D eigenvalue weighted by molar-refractivity contribution is 5.68. The van der Waals surface area contributed by atoms with Crippen LogP contribution in [0.4, 0.5) is 0 Å². The number of aliphatic hydroxyl groups excluding tert-OH is 1. The molecule has 0 saturated heterocycles. The van der Waals surface area contributed by atoms with Crippen LogP contribution < -0.4 is 0 Å². The lowest BCUT2D eigenvalue weighted by Crippen LogP contribution is -2.29. The summed E-state index contributed by atoms with van der Waals surface area (Å²) in [4.78, 5) is 10.7. The zero-order valence-electron chi connectivity index (χ0n) is 8.79. The fourth-order valence-corrected chi connectivity index (χ4v) is 2.41. The van der Waals surface area contributed by atoms with Crippen molar-refractivity contribution in [1.29, 1.82) is 0 Å². The van der Waals surface area contributed by atoms with Crippen molar-refractivity contribution in [1.82, 2.24) is 0 Å². The van der Waals surface area contributed by atoms with Crippen LogP contribution in [-0.4, -0.2) is 22.8 Å². The number of carboxylic acids is 1. The van der Waals surface area contributed by atoms with Gasteiger partial charge in [-0.1, -0.05) is 26.0 Å². The van der Waals surface area contributed by atoms with Crippen LogP contribution in [0.3, 0.4) is 0 Å². The third-order valence-corrected chi connectivity index (χ3v) is 3.55. The van der Waals surface area contributed by atoms with E-state index in [0.29, 0.717) is 0 Å². The van der Waals surface area contributed by atoms with Crippen LogP contribution in [0, 0.1) is 17.3 Å². The van der Waals surface area contributed by atoms with E-state index in [1.807, 2.05) is 13.8 Å². The van der Waals surface area contributed by atoms with E-state index >= 15 is 0 Å². The molecule has 14 heavy (non-hydrogen) atoms. The molecule has 0 spiro atoms. The van der Waals surface area contributed by atoms with Gasteiger partial charge in [-0.25, -0.2) is 0 Å². The normalized spacial score (nSPS) is 30.6. The third kappa shape index (κ3) is 1.82. The van der Waals surface area contributed by atoms with E-state index in [1.165, 1.54) is 0 Å². The summed E-state index contributed by atoms with van der Waals surface area (Å²) in [5, 5.41) is 18.0. The topological polar surface area (TPSA) is 57.5 Å². The lowest BCUT2D eigenvalue weighted by molar-refractivity contribution is -0.138. The van der Waals surface area contributed by atoms with Crippen molar-refractivity contribution in [2.24, 2.45) is 17.3 Å². The van der Waals surface area contributed by atoms with Gasteiger partial charge >= 0.3 is 5.97 Å². The number of rotatable bonds is 3. The summed E-state index contributed by atoms with van der Waals surface area (Å²) in [6, 6.07) is 0. The van der Waals surface area contributed by atoms with E-state index in [2.05, 4.69) is 6.58 Å². The number of hydrogen-bond donors (Lipinski definition) is 2. The molecule has 1 rings (SSSR count). The molecule has 1 fully saturated rings. The molecule has 80 valence electrons. The van der Waals surface area contributed by atoms with Gasteiger partial charge in [0.15, 0.2) is 0 Å². The smallest absolute Gasteiger partial charge is 0.303 e. The molecule has 0 radical (unpaired) electrons. The lowest BCUT2D eigenvalue weighted by Gasteiger charge is -2.31. The summed E-state index contributed by atoms with van der Waals surface area (Å²) in [5.74, 6) is -0.640. The molecule has 0 aliphatic heterocycles. The summed E-state index contributed by atoms with van der Waals surface area (Å²) in [6.45, 7) is 8.05. The van der Waals surface area contributed by atoms with E-state index in [-0.39, 0.29) is 30.3 Å². The number of hydrogen-bond acceptors (Lipinski definition) is 2. The maximum absolute atomic E-state index is 10.7. The monoisotopic (exact) mass is 198 g/mol. The standard InChI is InChI=1S/C11H18O3/c1-7-4-8(6-12)11(2,3)9(7)5-10(13)14/h8-9,12H,1,4-6H2,2-3H3,(H,13,14)/t8-,9+/m1/s1. The van der Waals surface area contributed by atoms with E-state index in [9.17, 15) is 9.90 Å². The maximum atomic E-state index is 10.7. The Morgan fingerprint density at radius 3 is 2.57 bits per heavy atom. The van der Waals surface area contributed by atoms with Gasteiger partial charge in [0.1, 0.15) is 0 Å². The molecular formula is C11H18O3. The Kier molecular flexibility index (Phi) is 3.00. The van der Waals surface area contributed by atoms with Crippen molar-refractivity contribution in [3.8, 4) is 0 Å². The zero-order valence-corrected chi connectivity index (χ0v) is 8.79. The number of carbonyl (C=O) groups is 1. The molecule has 2 N–H and O–H groups in total. The Bertz CT molecular complexity index is 255. The number of aliphatic hydroxyl groups is 1. The Balaban J connectivity index is 2.84. The SMILES string of the molecule is C=C1C[C@H](CO)C(C)(C)[C@H]1CC(=O)O. The van der Waals surface area contributed by atoms with E-state index in [4.69, 9.17) is 5.11 Å². The van der Waals surface area contributed by atoms with Crippen LogP contribution in [-0.2, 0) is 4.79 Å². The van der Waals surface area contributed by atoms with Gasteiger partial charge in [-0.3, -0.25) is 4.79 Å². The van der Waals surface area contributed by atoms with Crippen LogP contribution in [0.2, 0.25) is 0 Å². The quantitative estimate of drug-likeness (QED) is 0.678. The van der Waals surface area contributed by atoms with Gasteiger partial charge in [0, 0.05) is 6.61 Å². The van der Waals surface area contributed by atoms with Crippen molar-refractivity contribution in [3.63, 3.8) is 0 Å². The molecule has 0 heterocycles. The van der Waals surface area contributed by atoms with Gasteiger partial charge in [-0.05, 0) is 23.7 Å². The minimum Gasteiger partial charge on any atom is -0.481 e. The fraction of sp³-hybridized carbons (Fsp3) is 0.727. The molecule has 0 aromatic carbocycles. The van der Waals surface area contributed by atoms with E-state index in [1.54, 1.807) is 0 Å². The second-order valence-corrected chi connectivity index (χ2v) is 4.71. The molecule has 3 heteroatoms. The van der Waals surface area contributed by atoms with Crippen molar-refractivity contribution in [3.05, 3.63) is 12.2 Å². The van der Waals surface area contributed by atoms with E-state index < -0.39 is 5.97 Å². The molecule has 0 aromatic rings. The zero-order chi connectivity index (χ0) is 10.9. The number of carboxylic acid groups (broad SMARTS) is 1. The van der Waals surface area contributed by atoms with Crippen molar-refractivity contribution < 1.29 is 15.0 Å². The van der Waals surface area contributed by atoms with Crippen LogP contribution in [0.5, 0.6) is 0 Å². The highest BCUT2D eigenvalue weighted by atomic mass is 16.4. The second-order valence-electron chi connectivity index (χ2n) is 4.71. The van der Waals surface area contributed by atoms with Gasteiger partial charge in [-0.15, -0.1) is 0 Å². The van der Waals surface area contributed by atoms with Crippen LogP contribution in [0.1, 0.15) is 26.7 Å². The first-order chi connectivity index (χ1) is 6.39. The third-order valence-electron chi connectivity index (χ3n) is 3.55. The van der Waals surface area contributed by atoms with Gasteiger partial charge in [0.25, 0.3) is 0 Å². The van der Waals surface area contributed by atoms with E-state index in [0.717, 1.165) is 12.0 Å². The highest BCUT2D eigenvalue weighted by Crippen LogP contribution is 2.51. The molecule has 3 nitrogen and oxygen atoms in total. The number of allylic oxidation sites excluding steroid dienone is 1. The Morgan fingerprint density at radius 2 is 2.21 bits per heavy atom. The Hall–Kier alpha value is -0.830. The molecule has 1 aliphatic carbocycles. The summed E-state index contributed by atoms with van der Waals surface area (Å²) >= 11 is 0. The molecule has 0 unspecified atom stereocenters. The van der Waals surface area contributed by atoms with Crippen LogP contribution in [0.25, 0.3) is 0 Å². The molecular weight excluding hydrogens is 180 g/mol. The van der Waals surface area contributed by atoms with Crippen LogP contribution in [0.15, 0.2) is 12.2 Å². The molecule has 0 amide bonds. The van der Waals surface area contributed by atoms with Crippen molar-refractivity contribution >= 4 is 5.97 Å². The minimum atomic E-state index is -0.789. The average Bonchev–Trinajstić information content (AvgIpc) is 2.27. The van der Waals surface area contributed by atoms with Gasteiger partial charge in [-0.2, -0.15) is 0 Å². The average molecular weight is 198 g/mol. The van der Waals surface area contributed by atoms with Gasteiger partial charge < -0.3 is 10.2 Å². The molecule has 2 atom stereocenters. The summed E-state index contributed by atoms with van der Waals surface area (Å²) in [7, 11) is 0. The molecule has 1 saturated carbocycles. The first-order valence-electron chi connectivity index (χ1n) is 4.90. The predicted molar refractivity (Wildman–Crippen MR) is 53.9 cm³/mol. The first kappa shape index (κ1) is 11.2. The summed E-state index contributed by atoms with van der Waals surface area (Å²) < 4.78 is 0. The maximum Gasteiger partial charge on any atom is 0.303 e. The van der Waals surface area contributed by atoms with Gasteiger partial charge in [0.05, 0.1) is 6.42 Å². The van der Waals surface area contributed by atoms with Gasteiger partial charge in [0.2, 0.25) is 0 Å². The predicted octanol–water partition coefficient (Wildman–Crippen LogP) is 1.67.